The maximum atomic E-state index is 13.6. The number of hydrogen-bond donors (Lipinski definition) is 1. The predicted molar refractivity (Wildman–Crippen MR) is 93.0 cm³/mol. The maximum Gasteiger partial charge on any atom is 0.434 e. The highest BCUT2D eigenvalue weighted by Crippen LogP contribution is 2.41. The van der Waals surface area contributed by atoms with Gasteiger partial charge in [0.2, 0.25) is 5.88 Å². The van der Waals surface area contributed by atoms with Gasteiger partial charge in [-0.25, -0.2) is 9.78 Å². The number of halogens is 3. The van der Waals surface area contributed by atoms with E-state index in [0.29, 0.717) is 24.3 Å². The minimum absolute atomic E-state index is 0.0421. The summed E-state index contributed by atoms with van der Waals surface area (Å²) >= 11 is 0. The number of methoxy groups -OCH3 is 1. The van der Waals surface area contributed by atoms with Crippen molar-refractivity contribution in [3.63, 3.8) is 0 Å². The Morgan fingerprint density at radius 1 is 1.15 bits per heavy atom. The number of ether oxygens (including phenoxy) is 1. The summed E-state index contributed by atoms with van der Waals surface area (Å²) in [6.45, 7) is 1.17. The van der Waals surface area contributed by atoms with Gasteiger partial charge in [-0.3, -0.25) is 0 Å². The maximum absolute atomic E-state index is 13.6. The third-order valence-corrected chi connectivity index (χ3v) is 4.41. The van der Waals surface area contributed by atoms with Crippen molar-refractivity contribution in [1.29, 1.82) is 0 Å². The molecule has 0 atom stereocenters. The van der Waals surface area contributed by atoms with Crippen LogP contribution in [0.15, 0.2) is 36.4 Å². The van der Waals surface area contributed by atoms with E-state index >= 15 is 0 Å². The van der Waals surface area contributed by atoms with Crippen molar-refractivity contribution in [3.8, 4) is 17.0 Å². The normalized spacial score (nSPS) is 15.0. The number of alkyl halides is 3. The van der Waals surface area contributed by atoms with Gasteiger partial charge >= 0.3 is 12.3 Å². The van der Waals surface area contributed by atoms with Gasteiger partial charge in [-0.1, -0.05) is 30.3 Å². The number of nitrogens with zero attached hydrogens (tertiary/aromatic N) is 3. The number of piperazine rings is 1. The third kappa shape index (κ3) is 3.91. The molecular weight excluding hydrogens is 363 g/mol. The smallest absolute Gasteiger partial charge is 0.434 e. The number of pyridine rings is 1. The van der Waals surface area contributed by atoms with Crippen molar-refractivity contribution in [3.05, 3.63) is 42.1 Å². The number of anilines is 1. The van der Waals surface area contributed by atoms with Crippen LogP contribution in [0.5, 0.6) is 5.88 Å². The van der Waals surface area contributed by atoms with Gasteiger partial charge in [0.05, 0.1) is 7.11 Å². The molecule has 1 aliphatic rings. The van der Waals surface area contributed by atoms with Gasteiger partial charge in [0.15, 0.2) is 5.69 Å². The van der Waals surface area contributed by atoms with Gasteiger partial charge in [0.1, 0.15) is 5.69 Å². The number of hydrogen-bond acceptors (Lipinski definition) is 4. The van der Waals surface area contributed by atoms with E-state index < -0.39 is 18.0 Å². The first-order valence-electron chi connectivity index (χ1n) is 8.25. The molecule has 1 aliphatic heterocycles. The Kier molecular flexibility index (Phi) is 5.11. The zero-order valence-corrected chi connectivity index (χ0v) is 14.5. The first-order valence-corrected chi connectivity index (χ1v) is 8.25. The lowest BCUT2D eigenvalue weighted by molar-refractivity contribution is -0.140. The Labute approximate surface area is 153 Å². The fourth-order valence-corrected chi connectivity index (χ4v) is 3.06. The molecule has 1 fully saturated rings. The molecule has 0 aliphatic carbocycles. The van der Waals surface area contributed by atoms with Gasteiger partial charge in [0, 0.05) is 31.7 Å². The van der Waals surface area contributed by atoms with Gasteiger partial charge in [-0.05, 0) is 11.6 Å². The molecule has 1 N–H and O–H groups in total. The van der Waals surface area contributed by atoms with Crippen LogP contribution in [0.2, 0.25) is 0 Å². The molecule has 1 saturated heterocycles. The van der Waals surface area contributed by atoms with Crippen molar-refractivity contribution in [2.45, 2.75) is 6.18 Å². The van der Waals surface area contributed by atoms with Crippen LogP contribution in [-0.4, -0.2) is 54.4 Å². The Balaban J connectivity index is 2.06. The van der Waals surface area contributed by atoms with E-state index in [9.17, 15) is 18.0 Å². The summed E-state index contributed by atoms with van der Waals surface area (Å²) in [5.74, 6) is -0.134. The molecule has 0 radical (unpaired) electrons. The summed E-state index contributed by atoms with van der Waals surface area (Å²) in [6, 6.07) is 9.63. The number of amides is 1. The van der Waals surface area contributed by atoms with Crippen molar-refractivity contribution in [1.82, 2.24) is 9.88 Å². The molecule has 2 aromatic rings. The topological polar surface area (TPSA) is 65.9 Å². The van der Waals surface area contributed by atoms with E-state index in [4.69, 9.17) is 9.84 Å². The Bertz CT molecular complexity index is 820. The summed E-state index contributed by atoms with van der Waals surface area (Å²) < 4.78 is 45.8. The van der Waals surface area contributed by atoms with Gasteiger partial charge in [-0.2, -0.15) is 13.2 Å². The molecule has 1 amide bonds. The third-order valence-electron chi connectivity index (χ3n) is 4.41. The number of carboxylic acid groups (broad SMARTS) is 1. The predicted octanol–water partition coefficient (Wildman–Crippen LogP) is 3.58. The molecule has 0 bridgehead atoms. The fourth-order valence-electron chi connectivity index (χ4n) is 3.06. The molecule has 3 rings (SSSR count). The molecule has 0 saturated carbocycles. The molecule has 1 aromatic heterocycles. The average Bonchev–Trinajstić information content (AvgIpc) is 2.67. The number of benzene rings is 1. The van der Waals surface area contributed by atoms with E-state index in [1.165, 1.54) is 18.1 Å². The second kappa shape index (κ2) is 7.34. The highest BCUT2D eigenvalue weighted by atomic mass is 19.4. The van der Waals surface area contributed by atoms with E-state index in [0.717, 1.165) is 0 Å². The van der Waals surface area contributed by atoms with Crippen LogP contribution >= 0.6 is 0 Å². The Morgan fingerprint density at radius 3 is 2.30 bits per heavy atom. The van der Waals surface area contributed by atoms with Crippen LogP contribution in [0.1, 0.15) is 5.69 Å². The molecule has 1 aromatic carbocycles. The molecular formula is C18H18F3N3O3. The number of carbonyl (C=O) groups is 1. The first-order chi connectivity index (χ1) is 12.8. The lowest BCUT2D eigenvalue weighted by Crippen LogP contribution is -2.48. The van der Waals surface area contributed by atoms with Crippen molar-refractivity contribution < 1.29 is 27.8 Å². The number of aromatic nitrogens is 1. The standard InChI is InChI=1S/C18H18F3N3O3/c1-27-16-14(23-7-9-24(10-8-23)17(25)26)11-13(12-5-3-2-4-6-12)15(22-16)18(19,20)21/h2-6,11H,7-10H2,1H3,(H,25,26). The van der Waals surface area contributed by atoms with Crippen molar-refractivity contribution in [2.75, 3.05) is 38.2 Å². The van der Waals surface area contributed by atoms with E-state index in [-0.39, 0.29) is 24.5 Å². The molecule has 0 unspecified atom stereocenters. The average molecular weight is 381 g/mol. The highest BCUT2D eigenvalue weighted by Gasteiger charge is 2.38. The second-order valence-electron chi connectivity index (χ2n) is 6.03. The highest BCUT2D eigenvalue weighted by molar-refractivity contribution is 5.74. The molecule has 6 nitrogen and oxygen atoms in total. The van der Waals surface area contributed by atoms with Crippen molar-refractivity contribution in [2.24, 2.45) is 0 Å². The fraction of sp³-hybridized carbons (Fsp3) is 0.333. The van der Waals surface area contributed by atoms with Crippen LogP contribution in [0.3, 0.4) is 0 Å². The van der Waals surface area contributed by atoms with Gasteiger partial charge in [0.25, 0.3) is 0 Å². The molecule has 144 valence electrons. The summed E-state index contributed by atoms with van der Waals surface area (Å²) in [7, 11) is 1.27. The molecule has 27 heavy (non-hydrogen) atoms. The first kappa shape index (κ1) is 18.8. The largest absolute Gasteiger partial charge is 0.480 e. The van der Waals surface area contributed by atoms with Crippen LogP contribution in [-0.2, 0) is 6.18 Å². The zero-order chi connectivity index (χ0) is 19.6. The van der Waals surface area contributed by atoms with E-state index in [1.54, 1.807) is 35.2 Å². The Hall–Kier alpha value is -2.97. The van der Waals surface area contributed by atoms with Crippen LogP contribution < -0.4 is 9.64 Å². The summed E-state index contributed by atoms with van der Waals surface area (Å²) in [5.41, 5.74) is -0.252. The van der Waals surface area contributed by atoms with Crippen LogP contribution in [0.4, 0.5) is 23.7 Å². The summed E-state index contributed by atoms with van der Waals surface area (Å²) in [4.78, 5) is 17.9. The monoisotopic (exact) mass is 381 g/mol. The molecule has 0 spiro atoms. The molecule has 2 heterocycles. The molecule has 9 heteroatoms. The minimum atomic E-state index is -4.64. The number of rotatable bonds is 3. The zero-order valence-electron chi connectivity index (χ0n) is 14.5. The Morgan fingerprint density at radius 2 is 1.78 bits per heavy atom. The lowest BCUT2D eigenvalue weighted by atomic mass is 10.0. The minimum Gasteiger partial charge on any atom is -0.480 e. The van der Waals surface area contributed by atoms with E-state index in [1.807, 2.05) is 0 Å². The summed E-state index contributed by atoms with van der Waals surface area (Å²) in [6.07, 6.45) is -5.66. The van der Waals surface area contributed by atoms with Crippen LogP contribution in [0.25, 0.3) is 11.1 Å². The lowest BCUT2D eigenvalue weighted by Gasteiger charge is -2.35. The van der Waals surface area contributed by atoms with Crippen LogP contribution in [0, 0.1) is 0 Å². The second-order valence-corrected chi connectivity index (χ2v) is 6.03. The van der Waals surface area contributed by atoms with Gasteiger partial charge in [-0.15, -0.1) is 0 Å². The SMILES string of the molecule is COc1nc(C(F)(F)F)c(-c2ccccc2)cc1N1CCN(C(=O)O)CC1. The van der Waals surface area contributed by atoms with Gasteiger partial charge < -0.3 is 19.6 Å². The van der Waals surface area contributed by atoms with Crippen molar-refractivity contribution >= 4 is 11.8 Å². The summed E-state index contributed by atoms with van der Waals surface area (Å²) in [5, 5.41) is 9.06. The van der Waals surface area contributed by atoms with E-state index in [2.05, 4.69) is 4.98 Å². The quantitative estimate of drug-likeness (QED) is 0.881.